The number of anilines is 1. The molecule has 0 radical (unpaired) electrons. The first-order valence-electron chi connectivity index (χ1n) is 7.57. The lowest BCUT2D eigenvalue weighted by Gasteiger charge is -2.28. The van der Waals surface area contributed by atoms with E-state index in [1.54, 1.807) is 6.20 Å². The highest BCUT2D eigenvalue weighted by Gasteiger charge is 2.23. The number of aliphatic carboxylic acids is 1. The summed E-state index contributed by atoms with van der Waals surface area (Å²) in [7, 11) is 0. The Morgan fingerprint density at radius 2 is 2.17 bits per heavy atom. The molecule has 3 rings (SSSR count). The van der Waals surface area contributed by atoms with Crippen molar-refractivity contribution in [3.63, 3.8) is 0 Å². The van der Waals surface area contributed by atoms with Crippen molar-refractivity contribution in [2.45, 2.75) is 12.5 Å². The third-order valence-corrected chi connectivity index (χ3v) is 4.17. The number of rotatable bonds is 5. The molecule has 128 valence electrons. The lowest BCUT2D eigenvalue weighted by Crippen LogP contribution is -2.36. The first-order valence-corrected chi connectivity index (χ1v) is 7.57. The van der Waals surface area contributed by atoms with Crippen LogP contribution in [0.3, 0.4) is 0 Å². The Morgan fingerprint density at radius 1 is 1.46 bits per heavy atom. The number of carboxylic acids is 1. The number of hydrogen-bond donors (Lipinski definition) is 3. The number of hydrogen-bond acceptors (Lipinski definition) is 6. The number of nitrogens with one attached hydrogen (secondary N) is 1. The van der Waals surface area contributed by atoms with Gasteiger partial charge in [-0.25, -0.2) is 0 Å². The van der Waals surface area contributed by atoms with Crippen LogP contribution in [-0.4, -0.2) is 53.3 Å². The van der Waals surface area contributed by atoms with E-state index >= 15 is 0 Å². The van der Waals surface area contributed by atoms with Gasteiger partial charge in [-0.15, -0.1) is 0 Å². The molecule has 1 aliphatic heterocycles. The predicted octanol–water partition coefficient (Wildman–Crippen LogP) is 0.867. The molecule has 1 unspecified atom stereocenters. The van der Waals surface area contributed by atoms with Gasteiger partial charge >= 0.3 is 5.97 Å². The van der Waals surface area contributed by atoms with Crippen LogP contribution in [0.5, 0.6) is 0 Å². The van der Waals surface area contributed by atoms with Gasteiger partial charge in [-0.1, -0.05) is 0 Å². The number of H-pyrrole nitrogens is 1. The number of non-ortho nitro benzene ring substituents is 1. The second-order valence-corrected chi connectivity index (χ2v) is 5.71. The zero-order valence-electron chi connectivity index (χ0n) is 12.9. The molecule has 9 heteroatoms. The Kier molecular flexibility index (Phi) is 4.36. The molecular formula is C15H18N4O5. The average Bonchev–Trinajstić information content (AvgIpc) is 2.97. The summed E-state index contributed by atoms with van der Waals surface area (Å²) in [4.78, 5) is 26.9. The molecule has 0 aliphatic carbocycles. The van der Waals surface area contributed by atoms with E-state index in [1.807, 2.05) is 11.0 Å². The van der Waals surface area contributed by atoms with Crippen LogP contribution in [-0.2, 0) is 16.0 Å². The molecule has 0 saturated carbocycles. The van der Waals surface area contributed by atoms with Gasteiger partial charge in [0.25, 0.3) is 5.69 Å². The number of carboxylic acid groups (broad SMARTS) is 1. The van der Waals surface area contributed by atoms with Gasteiger partial charge in [-0.2, -0.15) is 0 Å². The van der Waals surface area contributed by atoms with Crippen molar-refractivity contribution in [2.24, 2.45) is 5.73 Å². The number of nitro benzene ring substituents is 1. The van der Waals surface area contributed by atoms with Crippen LogP contribution < -0.4 is 10.6 Å². The molecule has 2 heterocycles. The van der Waals surface area contributed by atoms with Gasteiger partial charge in [0.15, 0.2) is 0 Å². The van der Waals surface area contributed by atoms with Crippen LogP contribution >= 0.6 is 0 Å². The number of aromatic amines is 1. The minimum absolute atomic E-state index is 0.0378. The number of carbonyl (C=O) groups is 1. The zero-order valence-corrected chi connectivity index (χ0v) is 12.9. The Bertz CT molecular complexity index is 782. The van der Waals surface area contributed by atoms with Crippen molar-refractivity contribution in [3.8, 4) is 0 Å². The molecule has 2 aromatic rings. The number of morpholine rings is 1. The first kappa shape index (κ1) is 16.2. The van der Waals surface area contributed by atoms with Gasteiger partial charge in [-0.05, 0) is 11.6 Å². The molecule has 9 nitrogen and oxygen atoms in total. The largest absolute Gasteiger partial charge is 0.480 e. The molecular weight excluding hydrogens is 316 g/mol. The van der Waals surface area contributed by atoms with Crippen LogP contribution in [0.25, 0.3) is 10.9 Å². The standard InChI is InChI=1S/C15H18N4O5/c16-12(15(20)21)5-9-8-17-14-11(9)6-10(7-13(14)19(22)23)18-1-3-24-4-2-18/h6-8,12,17H,1-5,16H2,(H,20,21). The molecule has 1 saturated heterocycles. The van der Waals surface area contributed by atoms with Crippen molar-refractivity contribution in [1.29, 1.82) is 0 Å². The summed E-state index contributed by atoms with van der Waals surface area (Å²) in [5.74, 6) is -1.11. The van der Waals surface area contributed by atoms with E-state index in [0.29, 0.717) is 42.8 Å². The van der Waals surface area contributed by atoms with E-state index in [2.05, 4.69) is 4.98 Å². The molecule has 1 aromatic heterocycles. The highest BCUT2D eigenvalue weighted by molar-refractivity contribution is 5.94. The molecule has 24 heavy (non-hydrogen) atoms. The normalized spacial score (nSPS) is 16.3. The Balaban J connectivity index is 2.07. The highest BCUT2D eigenvalue weighted by atomic mass is 16.6. The molecule has 4 N–H and O–H groups in total. The van der Waals surface area contributed by atoms with E-state index in [9.17, 15) is 14.9 Å². The van der Waals surface area contributed by atoms with E-state index in [-0.39, 0.29) is 12.1 Å². The maximum absolute atomic E-state index is 11.4. The minimum Gasteiger partial charge on any atom is -0.480 e. The third-order valence-electron chi connectivity index (χ3n) is 4.17. The zero-order chi connectivity index (χ0) is 17.3. The number of nitrogens with two attached hydrogens (primary N) is 1. The molecule has 1 aliphatic rings. The van der Waals surface area contributed by atoms with Gasteiger partial charge in [0, 0.05) is 42.8 Å². The quantitative estimate of drug-likeness (QED) is 0.545. The Morgan fingerprint density at radius 3 is 2.79 bits per heavy atom. The topological polar surface area (TPSA) is 135 Å². The van der Waals surface area contributed by atoms with Gasteiger partial charge in [0.05, 0.1) is 18.1 Å². The number of ether oxygens (including phenoxy) is 1. The highest BCUT2D eigenvalue weighted by Crippen LogP contribution is 2.33. The van der Waals surface area contributed by atoms with Crippen LogP contribution in [0, 0.1) is 10.1 Å². The van der Waals surface area contributed by atoms with Gasteiger partial charge in [-0.3, -0.25) is 14.9 Å². The van der Waals surface area contributed by atoms with Crippen LogP contribution in [0.4, 0.5) is 11.4 Å². The summed E-state index contributed by atoms with van der Waals surface area (Å²) in [6.45, 7) is 2.43. The summed E-state index contributed by atoms with van der Waals surface area (Å²) < 4.78 is 5.31. The van der Waals surface area contributed by atoms with E-state index in [4.69, 9.17) is 15.6 Å². The summed E-state index contributed by atoms with van der Waals surface area (Å²) in [6, 6.07) is 2.31. The summed E-state index contributed by atoms with van der Waals surface area (Å²) in [5.41, 5.74) is 7.32. The van der Waals surface area contributed by atoms with Crippen molar-refractivity contribution in [2.75, 3.05) is 31.2 Å². The van der Waals surface area contributed by atoms with Gasteiger partial charge in [0.1, 0.15) is 11.6 Å². The summed E-state index contributed by atoms with van der Waals surface area (Å²) >= 11 is 0. The Labute approximate surface area is 137 Å². The predicted molar refractivity (Wildman–Crippen MR) is 87.3 cm³/mol. The van der Waals surface area contributed by atoms with E-state index in [1.165, 1.54) is 6.07 Å². The van der Waals surface area contributed by atoms with Crippen molar-refractivity contribution < 1.29 is 19.6 Å². The SMILES string of the molecule is NC(Cc1c[nH]c2c([N+](=O)[O-])cc(N3CCOCC3)cc12)C(=O)O. The maximum atomic E-state index is 11.4. The summed E-state index contributed by atoms with van der Waals surface area (Å²) in [5, 5.41) is 21.0. The average molecular weight is 334 g/mol. The lowest BCUT2D eigenvalue weighted by atomic mass is 10.0. The fraction of sp³-hybridized carbons (Fsp3) is 0.400. The second kappa shape index (κ2) is 6.46. The Hall–Kier alpha value is -2.65. The molecule has 0 spiro atoms. The number of fused-ring (bicyclic) bond motifs is 1. The van der Waals surface area contributed by atoms with Gasteiger partial charge in [0.2, 0.25) is 0 Å². The molecule has 1 fully saturated rings. The van der Waals surface area contributed by atoms with Gasteiger partial charge < -0.3 is 25.5 Å². The van der Waals surface area contributed by atoms with E-state index < -0.39 is 16.9 Å². The summed E-state index contributed by atoms with van der Waals surface area (Å²) in [6.07, 6.45) is 1.68. The maximum Gasteiger partial charge on any atom is 0.320 e. The van der Waals surface area contributed by atoms with Crippen LogP contribution in [0.1, 0.15) is 5.56 Å². The van der Waals surface area contributed by atoms with E-state index in [0.717, 1.165) is 5.69 Å². The minimum atomic E-state index is -1.11. The molecule has 1 aromatic carbocycles. The molecule has 0 amide bonds. The van der Waals surface area contributed by atoms with Crippen LogP contribution in [0.2, 0.25) is 0 Å². The third kappa shape index (κ3) is 3.03. The number of nitro groups is 1. The smallest absolute Gasteiger partial charge is 0.320 e. The number of benzene rings is 1. The van der Waals surface area contributed by atoms with Crippen LogP contribution in [0.15, 0.2) is 18.3 Å². The first-order chi connectivity index (χ1) is 11.5. The van der Waals surface area contributed by atoms with Crippen molar-refractivity contribution in [1.82, 2.24) is 4.98 Å². The number of aromatic nitrogens is 1. The van der Waals surface area contributed by atoms with Crippen molar-refractivity contribution >= 4 is 28.2 Å². The molecule has 1 atom stereocenters. The fourth-order valence-corrected chi connectivity index (χ4v) is 2.90. The monoisotopic (exact) mass is 334 g/mol. The molecule has 0 bridgehead atoms. The number of nitrogens with zero attached hydrogens (tertiary/aromatic N) is 2. The fourth-order valence-electron chi connectivity index (χ4n) is 2.90. The lowest BCUT2D eigenvalue weighted by molar-refractivity contribution is -0.383. The van der Waals surface area contributed by atoms with Crippen molar-refractivity contribution in [3.05, 3.63) is 34.0 Å². The second-order valence-electron chi connectivity index (χ2n) is 5.71.